The van der Waals surface area contributed by atoms with Gasteiger partial charge in [-0.25, -0.2) is 9.97 Å². The molecule has 18 heavy (non-hydrogen) atoms. The van der Waals surface area contributed by atoms with Gasteiger partial charge >= 0.3 is 0 Å². The van der Waals surface area contributed by atoms with Gasteiger partial charge in [-0.15, -0.1) is 0 Å². The first-order chi connectivity index (χ1) is 8.63. The number of aromatic nitrogens is 2. The fourth-order valence-corrected chi connectivity index (χ4v) is 3.79. The lowest BCUT2D eigenvalue weighted by Gasteiger charge is -2.23. The van der Waals surface area contributed by atoms with Crippen molar-refractivity contribution < 1.29 is 4.74 Å². The lowest BCUT2D eigenvalue weighted by molar-refractivity contribution is 0.0693. The van der Waals surface area contributed by atoms with Crippen LogP contribution < -0.4 is 5.32 Å². The van der Waals surface area contributed by atoms with Crippen LogP contribution >= 0.6 is 34.4 Å². The Morgan fingerprint density at radius 1 is 1.44 bits per heavy atom. The summed E-state index contributed by atoms with van der Waals surface area (Å²) in [6.45, 7) is 5.10. The second-order valence-corrected chi connectivity index (χ2v) is 6.70. The zero-order valence-electron chi connectivity index (χ0n) is 10.9. The van der Waals surface area contributed by atoms with Gasteiger partial charge in [0.2, 0.25) is 0 Å². The molecule has 1 N–H and O–H groups in total. The summed E-state index contributed by atoms with van der Waals surface area (Å²) in [5.74, 6) is 4.12. The van der Waals surface area contributed by atoms with E-state index in [-0.39, 0.29) is 6.10 Å². The van der Waals surface area contributed by atoms with E-state index in [1.54, 1.807) is 0 Å². The molecule has 0 saturated carbocycles. The molecule has 100 valence electrons. The van der Waals surface area contributed by atoms with Gasteiger partial charge < -0.3 is 10.1 Å². The van der Waals surface area contributed by atoms with Crippen LogP contribution in [0.1, 0.15) is 37.4 Å². The van der Waals surface area contributed by atoms with E-state index in [1.807, 2.05) is 18.8 Å². The Morgan fingerprint density at radius 3 is 2.78 bits per heavy atom. The lowest BCUT2D eigenvalue weighted by atomic mass is 10.1. The summed E-state index contributed by atoms with van der Waals surface area (Å²) in [5, 5.41) is 3.15. The smallest absolute Gasteiger partial charge is 0.160 e. The fourth-order valence-electron chi connectivity index (χ4n) is 1.81. The van der Waals surface area contributed by atoms with Crippen molar-refractivity contribution in [2.75, 3.05) is 30.5 Å². The highest BCUT2D eigenvalue weighted by atomic mass is 127. The summed E-state index contributed by atoms with van der Waals surface area (Å²) >= 11 is 4.21. The molecule has 4 nitrogen and oxygen atoms in total. The zero-order chi connectivity index (χ0) is 13.1. The second-order valence-electron chi connectivity index (χ2n) is 4.47. The molecule has 1 aromatic heterocycles. The van der Waals surface area contributed by atoms with Crippen molar-refractivity contribution in [2.45, 2.75) is 25.9 Å². The number of hydrogen-bond donors (Lipinski definition) is 1. The second kappa shape index (κ2) is 6.38. The van der Waals surface area contributed by atoms with Crippen LogP contribution in [-0.4, -0.2) is 35.1 Å². The Labute approximate surface area is 126 Å². The summed E-state index contributed by atoms with van der Waals surface area (Å²) in [7, 11) is 1.90. The van der Waals surface area contributed by atoms with E-state index in [0.29, 0.717) is 5.92 Å². The minimum atomic E-state index is 0.0327. The molecule has 1 aromatic rings. The largest absolute Gasteiger partial charge is 0.372 e. The molecule has 0 aliphatic carbocycles. The number of thioether (sulfide) groups is 1. The molecule has 2 rings (SSSR count). The van der Waals surface area contributed by atoms with E-state index in [2.05, 4.69) is 46.7 Å². The van der Waals surface area contributed by atoms with Gasteiger partial charge in [0.1, 0.15) is 11.9 Å². The van der Waals surface area contributed by atoms with Crippen LogP contribution in [0.4, 0.5) is 5.82 Å². The average molecular weight is 379 g/mol. The van der Waals surface area contributed by atoms with E-state index in [9.17, 15) is 0 Å². The predicted molar refractivity (Wildman–Crippen MR) is 84.4 cm³/mol. The molecule has 1 aliphatic rings. The first-order valence-electron chi connectivity index (χ1n) is 6.08. The Bertz CT molecular complexity index is 422. The molecule has 0 spiro atoms. The van der Waals surface area contributed by atoms with Gasteiger partial charge in [-0.05, 0) is 28.5 Å². The fraction of sp³-hybridized carbons (Fsp3) is 0.667. The van der Waals surface area contributed by atoms with Crippen LogP contribution in [0.15, 0.2) is 0 Å². The van der Waals surface area contributed by atoms with Gasteiger partial charge in [-0.3, -0.25) is 0 Å². The average Bonchev–Trinajstić information content (AvgIpc) is 2.39. The minimum Gasteiger partial charge on any atom is -0.372 e. The molecule has 2 heterocycles. The first kappa shape index (κ1) is 14.3. The third kappa shape index (κ3) is 3.08. The normalized spacial score (nSPS) is 20.2. The summed E-state index contributed by atoms with van der Waals surface area (Å²) < 4.78 is 6.87. The Kier molecular flexibility index (Phi) is 5.08. The Hall–Kier alpha value is -0.0800. The van der Waals surface area contributed by atoms with Crippen molar-refractivity contribution in [1.29, 1.82) is 0 Å². The number of nitrogens with one attached hydrogen (secondary N) is 1. The molecule has 0 bridgehead atoms. The number of anilines is 1. The van der Waals surface area contributed by atoms with Crippen molar-refractivity contribution in [3.05, 3.63) is 15.1 Å². The van der Waals surface area contributed by atoms with E-state index in [4.69, 9.17) is 9.72 Å². The van der Waals surface area contributed by atoms with Crippen LogP contribution in [-0.2, 0) is 4.74 Å². The van der Waals surface area contributed by atoms with Crippen molar-refractivity contribution >= 4 is 40.2 Å². The van der Waals surface area contributed by atoms with Gasteiger partial charge in [-0.1, -0.05) is 13.8 Å². The maximum absolute atomic E-state index is 5.76. The topological polar surface area (TPSA) is 47.0 Å². The SMILES string of the molecule is CNc1nc(C2CSCCO2)nc(C(C)C)c1I. The van der Waals surface area contributed by atoms with Crippen LogP contribution in [0.2, 0.25) is 0 Å². The Balaban J connectivity index is 2.37. The van der Waals surface area contributed by atoms with E-state index in [0.717, 1.165) is 39.0 Å². The van der Waals surface area contributed by atoms with Crippen molar-refractivity contribution in [2.24, 2.45) is 0 Å². The molecule has 0 amide bonds. The summed E-state index contributed by atoms with van der Waals surface area (Å²) in [5.41, 5.74) is 1.10. The molecule has 6 heteroatoms. The molecule has 1 atom stereocenters. The number of nitrogens with zero attached hydrogens (tertiary/aromatic N) is 2. The minimum absolute atomic E-state index is 0.0327. The number of halogens is 1. The Morgan fingerprint density at radius 2 is 2.22 bits per heavy atom. The van der Waals surface area contributed by atoms with E-state index in [1.165, 1.54) is 0 Å². The van der Waals surface area contributed by atoms with Crippen LogP contribution in [0, 0.1) is 3.57 Å². The molecule has 0 aromatic carbocycles. The molecule has 0 radical (unpaired) electrons. The van der Waals surface area contributed by atoms with Gasteiger partial charge in [0.15, 0.2) is 5.82 Å². The number of hydrogen-bond acceptors (Lipinski definition) is 5. The summed E-state index contributed by atoms with van der Waals surface area (Å²) in [6, 6.07) is 0. The van der Waals surface area contributed by atoms with Crippen molar-refractivity contribution in [1.82, 2.24) is 9.97 Å². The molecule has 1 fully saturated rings. The zero-order valence-corrected chi connectivity index (χ0v) is 13.8. The quantitative estimate of drug-likeness (QED) is 0.819. The van der Waals surface area contributed by atoms with Crippen LogP contribution in [0.3, 0.4) is 0 Å². The summed E-state index contributed by atoms with van der Waals surface area (Å²) in [6.07, 6.45) is 0.0327. The molecule has 1 aliphatic heterocycles. The standard InChI is InChI=1S/C12H18IN3OS/c1-7(2)10-9(13)12(14-3)16-11(15-10)8-6-18-5-4-17-8/h7-8H,4-6H2,1-3H3,(H,14,15,16). The van der Waals surface area contributed by atoms with Gasteiger partial charge in [0, 0.05) is 18.6 Å². The maximum Gasteiger partial charge on any atom is 0.160 e. The van der Waals surface area contributed by atoms with E-state index < -0.39 is 0 Å². The highest BCUT2D eigenvalue weighted by Crippen LogP contribution is 2.30. The third-order valence-corrected chi connectivity index (χ3v) is 4.84. The van der Waals surface area contributed by atoms with Crippen LogP contribution in [0.5, 0.6) is 0 Å². The van der Waals surface area contributed by atoms with Gasteiger partial charge in [-0.2, -0.15) is 11.8 Å². The van der Waals surface area contributed by atoms with E-state index >= 15 is 0 Å². The lowest BCUT2D eigenvalue weighted by Crippen LogP contribution is -2.20. The predicted octanol–water partition coefficient (Wildman–Crippen LogP) is 3.05. The van der Waals surface area contributed by atoms with Gasteiger partial charge in [0.05, 0.1) is 15.9 Å². The van der Waals surface area contributed by atoms with Gasteiger partial charge in [0.25, 0.3) is 0 Å². The summed E-state index contributed by atoms with van der Waals surface area (Å²) in [4.78, 5) is 9.30. The highest BCUT2D eigenvalue weighted by Gasteiger charge is 2.23. The molecular weight excluding hydrogens is 361 g/mol. The molecule has 1 unspecified atom stereocenters. The monoisotopic (exact) mass is 379 g/mol. The molecule has 1 saturated heterocycles. The highest BCUT2D eigenvalue weighted by molar-refractivity contribution is 14.1. The molecular formula is C12H18IN3OS. The third-order valence-electron chi connectivity index (χ3n) is 2.78. The first-order valence-corrected chi connectivity index (χ1v) is 8.31. The number of ether oxygens (including phenoxy) is 1. The van der Waals surface area contributed by atoms with Crippen molar-refractivity contribution in [3.8, 4) is 0 Å². The van der Waals surface area contributed by atoms with Crippen LogP contribution in [0.25, 0.3) is 0 Å². The maximum atomic E-state index is 5.76. The van der Waals surface area contributed by atoms with Crippen molar-refractivity contribution in [3.63, 3.8) is 0 Å². The number of rotatable bonds is 3.